The second kappa shape index (κ2) is 7.61. The molecule has 4 unspecified atom stereocenters. The lowest BCUT2D eigenvalue weighted by Crippen LogP contribution is -2.58. The van der Waals surface area contributed by atoms with E-state index in [4.69, 9.17) is 0 Å². The zero-order valence-electron chi connectivity index (χ0n) is 15.5. The molecule has 5 nitrogen and oxygen atoms in total. The minimum atomic E-state index is -0.509. The Labute approximate surface area is 146 Å². The molecule has 24 heavy (non-hydrogen) atoms. The highest BCUT2D eigenvalue weighted by molar-refractivity contribution is 5.74. The number of urea groups is 1. The molecule has 0 aromatic rings. The Morgan fingerprint density at radius 2 is 2.04 bits per heavy atom. The smallest absolute Gasteiger partial charge is 0.317 e. The monoisotopic (exact) mass is 337 g/mol. The molecule has 0 bridgehead atoms. The number of rotatable bonds is 3. The summed E-state index contributed by atoms with van der Waals surface area (Å²) in [5.74, 6) is 1.04. The summed E-state index contributed by atoms with van der Waals surface area (Å²) >= 11 is 0. The Balaban J connectivity index is 1.46. The van der Waals surface area contributed by atoms with Crippen LogP contribution in [0.1, 0.15) is 58.8 Å². The van der Waals surface area contributed by atoms with E-state index < -0.39 is 5.60 Å². The fourth-order valence-corrected chi connectivity index (χ4v) is 4.94. The summed E-state index contributed by atoms with van der Waals surface area (Å²) in [6, 6.07) is 0.232. The highest BCUT2D eigenvalue weighted by Crippen LogP contribution is 2.39. The third-order valence-corrected chi connectivity index (χ3v) is 6.36. The van der Waals surface area contributed by atoms with Gasteiger partial charge in [-0.05, 0) is 51.5 Å². The Bertz CT molecular complexity index is 444. The van der Waals surface area contributed by atoms with Gasteiger partial charge >= 0.3 is 6.03 Å². The summed E-state index contributed by atoms with van der Waals surface area (Å²) in [5.41, 5.74) is -0.509. The molecule has 2 N–H and O–H groups in total. The van der Waals surface area contributed by atoms with Crippen molar-refractivity contribution in [2.75, 3.05) is 32.7 Å². The summed E-state index contributed by atoms with van der Waals surface area (Å²) in [6.07, 6.45) is 7.63. The van der Waals surface area contributed by atoms with Gasteiger partial charge in [-0.1, -0.05) is 19.8 Å². The summed E-state index contributed by atoms with van der Waals surface area (Å²) in [5, 5.41) is 13.9. The number of hydrogen-bond donors (Lipinski definition) is 2. The van der Waals surface area contributed by atoms with E-state index >= 15 is 0 Å². The third-order valence-electron chi connectivity index (χ3n) is 6.36. The highest BCUT2D eigenvalue weighted by Gasteiger charge is 2.43. The second-order valence-electron chi connectivity index (χ2n) is 8.60. The van der Waals surface area contributed by atoms with Crippen molar-refractivity contribution in [1.82, 2.24) is 15.1 Å². The van der Waals surface area contributed by atoms with E-state index in [0.717, 1.165) is 57.8 Å². The Kier molecular flexibility index (Phi) is 5.70. The van der Waals surface area contributed by atoms with Crippen molar-refractivity contribution in [2.24, 2.45) is 11.8 Å². The molecule has 2 heterocycles. The van der Waals surface area contributed by atoms with Crippen molar-refractivity contribution in [2.45, 2.75) is 70.4 Å². The number of amides is 2. The Morgan fingerprint density at radius 1 is 1.21 bits per heavy atom. The average Bonchev–Trinajstić information content (AvgIpc) is 2.53. The molecule has 3 rings (SSSR count). The standard InChI is InChI=1S/C19H35N3O2/c1-15-6-5-10-21(12-15)13-16(2)20-18(23)22-11-9-19(24)8-4-3-7-17(19)14-22/h15-17,24H,3-14H2,1-2H3,(H,20,23). The molecule has 1 aliphatic carbocycles. The van der Waals surface area contributed by atoms with Crippen LogP contribution in [0.15, 0.2) is 0 Å². The van der Waals surface area contributed by atoms with E-state index in [2.05, 4.69) is 24.1 Å². The molecular formula is C19H35N3O2. The predicted octanol–water partition coefficient (Wildman–Crippen LogP) is 2.44. The highest BCUT2D eigenvalue weighted by atomic mass is 16.3. The van der Waals surface area contributed by atoms with Crippen molar-refractivity contribution in [3.05, 3.63) is 0 Å². The molecule has 1 saturated carbocycles. The van der Waals surface area contributed by atoms with Crippen LogP contribution in [0.5, 0.6) is 0 Å². The van der Waals surface area contributed by atoms with E-state index in [1.807, 2.05) is 4.90 Å². The Morgan fingerprint density at radius 3 is 2.83 bits per heavy atom. The van der Waals surface area contributed by atoms with Gasteiger partial charge in [0.15, 0.2) is 0 Å². The molecule has 3 fully saturated rings. The zero-order chi connectivity index (χ0) is 17.2. The van der Waals surface area contributed by atoms with Gasteiger partial charge in [-0.25, -0.2) is 4.79 Å². The topological polar surface area (TPSA) is 55.8 Å². The van der Waals surface area contributed by atoms with Crippen molar-refractivity contribution < 1.29 is 9.90 Å². The number of likely N-dealkylation sites (tertiary alicyclic amines) is 2. The van der Waals surface area contributed by atoms with Crippen LogP contribution in [-0.2, 0) is 0 Å². The van der Waals surface area contributed by atoms with Gasteiger partial charge in [0.05, 0.1) is 5.60 Å². The first-order chi connectivity index (χ1) is 11.5. The van der Waals surface area contributed by atoms with Gasteiger partial charge in [0.25, 0.3) is 0 Å². The van der Waals surface area contributed by atoms with Crippen LogP contribution in [0.25, 0.3) is 0 Å². The average molecular weight is 338 g/mol. The summed E-state index contributed by atoms with van der Waals surface area (Å²) < 4.78 is 0. The summed E-state index contributed by atoms with van der Waals surface area (Å²) in [4.78, 5) is 17.0. The maximum atomic E-state index is 12.6. The van der Waals surface area contributed by atoms with Crippen molar-refractivity contribution in [1.29, 1.82) is 0 Å². The van der Waals surface area contributed by atoms with Crippen molar-refractivity contribution >= 4 is 6.03 Å². The lowest BCUT2D eigenvalue weighted by molar-refractivity contribution is -0.0871. The maximum absolute atomic E-state index is 12.6. The zero-order valence-corrected chi connectivity index (χ0v) is 15.5. The maximum Gasteiger partial charge on any atom is 0.317 e. The molecule has 0 spiro atoms. The molecular weight excluding hydrogens is 302 g/mol. The number of nitrogens with one attached hydrogen (secondary N) is 1. The number of carbonyl (C=O) groups is 1. The minimum absolute atomic E-state index is 0.0557. The van der Waals surface area contributed by atoms with Gasteiger partial charge in [0, 0.05) is 38.1 Å². The molecule has 2 amide bonds. The van der Waals surface area contributed by atoms with E-state index in [9.17, 15) is 9.90 Å². The molecule has 138 valence electrons. The van der Waals surface area contributed by atoms with Gasteiger partial charge in [-0.2, -0.15) is 0 Å². The number of carbonyl (C=O) groups excluding carboxylic acids is 1. The molecule has 0 aromatic carbocycles. The van der Waals surface area contributed by atoms with Crippen LogP contribution in [0.4, 0.5) is 4.79 Å². The first-order valence-electron chi connectivity index (χ1n) is 9.96. The van der Waals surface area contributed by atoms with Crippen LogP contribution >= 0.6 is 0 Å². The fraction of sp³-hybridized carbons (Fsp3) is 0.947. The summed E-state index contributed by atoms with van der Waals surface area (Å²) in [7, 11) is 0. The molecule has 4 atom stereocenters. The normalized spacial score (nSPS) is 36.0. The molecule has 0 aromatic heterocycles. The van der Waals surface area contributed by atoms with E-state index in [-0.39, 0.29) is 18.0 Å². The van der Waals surface area contributed by atoms with E-state index in [1.165, 1.54) is 19.3 Å². The molecule has 3 aliphatic rings. The minimum Gasteiger partial charge on any atom is -0.389 e. The van der Waals surface area contributed by atoms with Gasteiger partial charge in [-0.3, -0.25) is 0 Å². The Hall–Kier alpha value is -0.810. The van der Waals surface area contributed by atoms with Crippen LogP contribution in [0.3, 0.4) is 0 Å². The lowest BCUT2D eigenvalue weighted by Gasteiger charge is -2.47. The number of piperidine rings is 2. The first-order valence-corrected chi connectivity index (χ1v) is 9.96. The fourth-order valence-electron chi connectivity index (χ4n) is 4.94. The van der Waals surface area contributed by atoms with Crippen molar-refractivity contribution in [3.8, 4) is 0 Å². The van der Waals surface area contributed by atoms with E-state index in [0.29, 0.717) is 6.54 Å². The molecule has 0 radical (unpaired) electrons. The van der Waals surface area contributed by atoms with Gasteiger partial charge in [0.1, 0.15) is 0 Å². The largest absolute Gasteiger partial charge is 0.389 e. The predicted molar refractivity (Wildman–Crippen MR) is 95.9 cm³/mol. The van der Waals surface area contributed by atoms with Crippen LogP contribution in [0.2, 0.25) is 0 Å². The molecule has 2 saturated heterocycles. The van der Waals surface area contributed by atoms with Gasteiger partial charge in [0.2, 0.25) is 0 Å². The number of hydrogen-bond acceptors (Lipinski definition) is 3. The molecule has 2 aliphatic heterocycles. The molecule has 5 heteroatoms. The van der Waals surface area contributed by atoms with Crippen molar-refractivity contribution in [3.63, 3.8) is 0 Å². The number of fused-ring (bicyclic) bond motifs is 1. The first kappa shape index (κ1) is 18.0. The lowest BCUT2D eigenvalue weighted by atomic mass is 9.71. The second-order valence-corrected chi connectivity index (χ2v) is 8.60. The van der Waals surface area contributed by atoms with E-state index in [1.54, 1.807) is 0 Å². The number of aliphatic hydroxyl groups is 1. The van der Waals surface area contributed by atoms with Gasteiger partial charge in [-0.15, -0.1) is 0 Å². The van der Waals surface area contributed by atoms with Crippen LogP contribution in [0, 0.1) is 11.8 Å². The third kappa shape index (κ3) is 4.23. The van der Waals surface area contributed by atoms with Crippen LogP contribution < -0.4 is 5.32 Å². The number of nitrogens with zero attached hydrogens (tertiary/aromatic N) is 2. The van der Waals surface area contributed by atoms with Gasteiger partial charge < -0.3 is 20.2 Å². The summed E-state index contributed by atoms with van der Waals surface area (Å²) in [6.45, 7) is 9.08. The quantitative estimate of drug-likeness (QED) is 0.832. The van der Waals surface area contributed by atoms with Crippen LogP contribution in [-0.4, -0.2) is 65.3 Å². The SMILES string of the molecule is CC1CCCN(CC(C)NC(=O)N2CCC3(O)CCCCC3C2)C1.